The molecule has 1 aliphatic rings. The molecule has 1 fully saturated rings. The predicted octanol–water partition coefficient (Wildman–Crippen LogP) is 4.43. The van der Waals surface area contributed by atoms with Gasteiger partial charge in [-0.05, 0) is 36.8 Å². The van der Waals surface area contributed by atoms with Gasteiger partial charge < -0.3 is 15.1 Å². The second kappa shape index (κ2) is 8.01. The molecule has 27 heavy (non-hydrogen) atoms. The van der Waals surface area contributed by atoms with Gasteiger partial charge in [0, 0.05) is 48.8 Å². The predicted molar refractivity (Wildman–Crippen MR) is 114 cm³/mol. The maximum absolute atomic E-state index is 6.14. The molecule has 2 aromatic carbocycles. The molecular weight excluding hydrogens is 358 g/mol. The van der Waals surface area contributed by atoms with Crippen molar-refractivity contribution in [3.63, 3.8) is 0 Å². The normalized spacial score (nSPS) is 14.6. The van der Waals surface area contributed by atoms with Crippen LogP contribution in [0.4, 0.5) is 17.5 Å². The minimum absolute atomic E-state index is 0.777. The van der Waals surface area contributed by atoms with Gasteiger partial charge in [0.05, 0.1) is 5.52 Å². The molecule has 1 aliphatic heterocycles. The first-order valence-electron chi connectivity index (χ1n) is 9.50. The summed E-state index contributed by atoms with van der Waals surface area (Å²) < 4.78 is 0. The van der Waals surface area contributed by atoms with E-state index in [1.165, 1.54) is 5.69 Å². The van der Waals surface area contributed by atoms with Crippen molar-refractivity contribution >= 4 is 40.0 Å². The second-order valence-corrected chi connectivity index (χ2v) is 7.21. The van der Waals surface area contributed by atoms with Gasteiger partial charge in [-0.15, -0.1) is 0 Å². The topological polar surface area (TPSA) is 44.3 Å². The summed E-state index contributed by atoms with van der Waals surface area (Å²) >= 11 is 6.14. The number of hydrogen-bond donors (Lipinski definition) is 1. The molecule has 0 amide bonds. The second-order valence-electron chi connectivity index (χ2n) is 6.77. The molecule has 1 aromatic heterocycles. The molecule has 0 atom stereocenters. The molecule has 5 nitrogen and oxygen atoms in total. The van der Waals surface area contributed by atoms with Crippen molar-refractivity contribution in [2.24, 2.45) is 0 Å². The zero-order valence-electron chi connectivity index (χ0n) is 15.5. The summed E-state index contributed by atoms with van der Waals surface area (Å²) in [5.41, 5.74) is 2.16. The lowest BCUT2D eigenvalue weighted by Gasteiger charge is -2.36. The molecule has 0 aliphatic carbocycles. The van der Waals surface area contributed by atoms with Gasteiger partial charge in [-0.25, -0.2) is 4.98 Å². The summed E-state index contributed by atoms with van der Waals surface area (Å²) in [6.07, 6.45) is 1.06. The number of benzene rings is 2. The molecule has 1 saturated heterocycles. The Hall–Kier alpha value is -2.53. The number of rotatable bonds is 5. The molecule has 0 spiro atoms. The molecule has 2 heterocycles. The van der Waals surface area contributed by atoms with Crippen LogP contribution in [0.2, 0.25) is 5.02 Å². The first-order chi connectivity index (χ1) is 13.2. The zero-order valence-corrected chi connectivity index (χ0v) is 16.3. The summed E-state index contributed by atoms with van der Waals surface area (Å²) in [6, 6.07) is 16.2. The van der Waals surface area contributed by atoms with Gasteiger partial charge in [-0.1, -0.05) is 36.7 Å². The number of hydrogen-bond acceptors (Lipinski definition) is 5. The Labute approximate surface area is 165 Å². The lowest BCUT2D eigenvalue weighted by Crippen LogP contribution is -2.47. The monoisotopic (exact) mass is 381 g/mol. The van der Waals surface area contributed by atoms with Crippen LogP contribution in [0, 0.1) is 0 Å². The molecule has 0 saturated carbocycles. The highest BCUT2D eigenvalue weighted by Gasteiger charge is 2.20. The third-order valence-corrected chi connectivity index (χ3v) is 5.10. The summed E-state index contributed by atoms with van der Waals surface area (Å²) in [6.45, 7) is 6.69. The van der Waals surface area contributed by atoms with E-state index in [1.54, 1.807) is 0 Å². The largest absolute Gasteiger partial charge is 0.369 e. The molecular formula is C21H24ClN5. The van der Waals surface area contributed by atoms with Gasteiger partial charge in [-0.3, -0.25) is 0 Å². The van der Waals surface area contributed by atoms with Gasteiger partial charge in [0.15, 0.2) is 0 Å². The molecule has 0 unspecified atom stereocenters. The van der Waals surface area contributed by atoms with Crippen molar-refractivity contribution in [1.82, 2.24) is 9.97 Å². The number of nitrogens with one attached hydrogen (secondary N) is 1. The molecule has 4 rings (SSSR count). The Morgan fingerprint density at radius 2 is 1.74 bits per heavy atom. The standard InChI is InChI=1S/C21H24ClN5/c1-2-10-23-20-18-8-3-4-9-19(18)24-21(25-20)27-13-11-26(12-14-27)17-7-5-6-16(22)15-17/h3-9,15H,2,10-14H2,1H3,(H,23,24,25). The van der Waals surface area contributed by atoms with E-state index in [-0.39, 0.29) is 0 Å². The van der Waals surface area contributed by atoms with Crippen LogP contribution in [-0.2, 0) is 0 Å². The van der Waals surface area contributed by atoms with Crippen molar-refractivity contribution in [2.45, 2.75) is 13.3 Å². The minimum atomic E-state index is 0.777. The maximum atomic E-state index is 6.14. The quantitative estimate of drug-likeness (QED) is 0.708. The first-order valence-corrected chi connectivity index (χ1v) is 9.88. The molecule has 140 valence electrons. The average molecular weight is 382 g/mol. The van der Waals surface area contributed by atoms with E-state index in [0.717, 1.165) is 66.8 Å². The van der Waals surface area contributed by atoms with Crippen molar-refractivity contribution in [1.29, 1.82) is 0 Å². The minimum Gasteiger partial charge on any atom is -0.369 e. The Bertz CT molecular complexity index is 921. The van der Waals surface area contributed by atoms with Gasteiger partial charge >= 0.3 is 0 Å². The van der Waals surface area contributed by atoms with E-state index in [9.17, 15) is 0 Å². The fraction of sp³-hybridized carbons (Fsp3) is 0.333. The highest BCUT2D eigenvalue weighted by Crippen LogP contribution is 2.25. The van der Waals surface area contributed by atoms with Crippen molar-refractivity contribution in [3.05, 3.63) is 53.6 Å². The van der Waals surface area contributed by atoms with Crippen LogP contribution in [0.25, 0.3) is 10.9 Å². The summed E-state index contributed by atoms with van der Waals surface area (Å²) in [4.78, 5) is 14.3. The number of nitrogens with zero attached hydrogens (tertiary/aromatic N) is 4. The van der Waals surface area contributed by atoms with Crippen LogP contribution < -0.4 is 15.1 Å². The molecule has 1 N–H and O–H groups in total. The zero-order chi connectivity index (χ0) is 18.6. The van der Waals surface area contributed by atoms with Crippen molar-refractivity contribution < 1.29 is 0 Å². The number of para-hydroxylation sites is 1. The average Bonchev–Trinajstić information content (AvgIpc) is 2.72. The molecule has 3 aromatic rings. The van der Waals surface area contributed by atoms with E-state index in [0.29, 0.717) is 0 Å². The highest BCUT2D eigenvalue weighted by molar-refractivity contribution is 6.30. The van der Waals surface area contributed by atoms with E-state index >= 15 is 0 Å². The summed E-state index contributed by atoms with van der Waals surface area (Å²) in [5, 5.41) is 5.31. The lowest BCUT2D eigenvalue weighted by atomic mass is 10.2. The number of piperazine rings is 1. The van der Waals surface area contributed by atoms with E-state index in [1.807, 2.05) is 30.3 Å². The van der Waals surface area contributed by atoms with E-state index < -0.39 is 0 Å². The Kier molecular flexibility index (Phi) is 5.30. The molecule has 0 bridgehead atoms. The van der Waals surface area contributed by atoms with Gasteiger partial charge in [0.1, 0.15) is 5.82 Å². The van der Waals surface area contributed by atoms with Gasteiger partial charge in [-0.2, -0.15) is 4.98 Å². The van der Waals surface area contributed by atoms with Gasteiger partial charge in [0.25, 0.3) is 0 Å². The maximum Gasteiger partial charge on any atom is 0.228 e. The number of anilines is 3. The summed E-state index contributed by atoms with van der Waals surface area (Å²) in [7, 11) is 0. The highest BCUT2D eigenvalue weighted by atomic mass is 35.5. The summed E-state index contributed by atoms with van der Waals surface area (Å²) in [5.74, 6) is 1.73. The van der Waals surface area contributed by atoms with E-state index in [2.05, 4.69) is 40.2 Å². The van der Waals surface area contributed by atoms with E-state index in [4.69, 9.17) is 21.6 Å². The molecule has 0 radical (unpaired) electrons. The van der Waals surface area contributed by atoms with Gasteiger partial charge in [0.2, 0.25) is 5.95 Å². The third kappa shape index (κ3) is 3.93. The Morgan fingerprint density at radius 3 is 2.52 bits per heavy atom. The molecule has 6 heteroatoms. The third-order valence-electron chi connectivity index (χ3n) is 4.87. The van der Waals surface area contributed by atoms with Crippen LogP contribution in [0.15, 0.2) is 48.5 Å². The van der Waals surface area contributed by atoms with Crippen molar-refractivity contribution in [2.75, 3.05) is 47.8 Å². The SMILES string of the molecule is CCCNc1nc(N2CCN(c3cccc(Cl)c3)CC2)nc2ccccc12. The fourth-order valence-electron chi connectivity index (χ4n) is 3.42. The van der Waals surface area contributed by atoms with Crippen LogP contribution in [0.5, 0.6) is 0 Å². The smallest absolute Gasteiger partial charge is 0.228 e. The Morgan fingerprint density at radius 1 is 0.963 bits per heavy atom. The van der Waals surface area contributed by atoms with Crippen LogP contribution >= 0.6 is 11.6 Å². The van der Waals surface area contributed by atoms with Crippen LogP contribution in [0.3, 0.4) is 0 Å². The lowest BCUT2D eigenvalue weighted by molar-refractivity contribution is 0.641. The van der Waals surface area contributed by atoms with Crippen LogP contribution in [-0.4, -0.2) is 42.7 Å². The number of aromatic nitrogens is 2. The number of fused-ring (bicyclic) bond motifs is 1. The number of halogens is 1. The first kappa shape index (κ1) is 17.9. The van der Waals surface area contributed by atoms with Crippen LogP contribution in [0.1, 0.15) is 13.3 Å². The fourth-order valence-corrected chi connectivity index (χ4v) is 3.61. The van der Waals surface area contributed by atoms with Crippen molar-refractivity contribution in [3.8, 4) is 0 Å². The Balaban J connectivity index is 1.54.